The number of fused-ring (bicyclic) bond motifs is 2. The van der Waals surface area contributed by atoms with Crippen molar-refractivity contribution < 1.29 is 9.84 Å². The Morgan fingerprint density at radius 2 is 1.89 bits per heavy atom. The molecule has 28 heavy (non-hydrogen) atoms. The van der Waals surface area contributed by atoms with Gasteiger partial charge in [-0.2, -0.15) is 0 Å². The molecule has 2 aromatic rings. The highest BCUT2D eigenvalue weighted by atomic mass is 16.5. The maximum atomic E-state index is 11.4. The maximum absolute atomic E-state index is 11.4. The predicted molar refractivity (Wildman–Crippen MR) is 113 cm³/mol. The summed E-state index contributed by atoms with van der Waals surface area (Å²) < 4.78 is 6.07. The molecule has 0 saturated carbocycles. The molecule has 1 heterocycles. The number of likely N-dealkylation sites (N-methyl/N-ethyl adjacent to an activating group) is 1. The van der Waals surface area contributed by atoms with E-state index in [-0.39, 0.29) is 17.6 Å². The van der Waals surface area contributed by atoms with Crippen LogP contribution in [0.15, 0.2) is 42.5 Å². The Labute approximate surface area is 168 Å². The van der Waals surface area contributed by atoms with Crippen molar-refractivity contribution in [2.24, 2.45) is 0 Å². The quantitative estimate of drug-likeness (QED) is 0.835. The summed E-state index contributed by atoms with van der Waals surface area (Å²) in [6.07, 6.45) is 1.61. The highest BCUT2D eigenvalue weighted by Crippen LogP contribution is 2.51. The number of ether oxygens (including phenoxy) is 1. The molecule has 1 aliphatic heterocycles. The minimum absolute atomic E-state index is 0.0245. The standard InChI is InChI=1S/C24H32N2O2/c1-17-8-9-18(2)21(16-17)28-15-14-26(3)22-19-6-4-5-7-20(19)24(23(22)27)10-12-25-13-11-24/h4-9,16,22-23,25,27H,10-15H2,1-3H3/t22-,23+/m0/s1. The number of nitrogens with zero attached hydrogens (tertiary/aromatic N) is 1. The number of piperidine rings is 1. The summed E-state index contributed by atoms with van der Waals surface area (Å²) in [5, 5.41) is 14.9. The van der Waals surface area contributed by atoms with Crippen LogP contribution in [0.3, 0.4) is 0 Å². The fraction of sp³-hybridized carbons (Fsp3) is 0.500. The van der Waals surface area contributed by atoms with Crippen LogP contribution in [-0.4, -0.2) is 49.4 Å². The minimum Gasteiger partial charge on any atom is -0.492 e. The van der Waals surface area contributed by atoms with Gasteiger partial charge in [-0.05, 0) is 75.1 Å². The number of benzene rings is 2. The molecule has 0 radical (unpaired) electrons. The van der Waals surface area contributed by atoms with Crippen LogP contribution in [0, 0.1) is 13.8 Å². The second kappa shape index (κ2) is 7.86. The Hall–Kier alpha value is -1.88. The predicted octanol–water partition coefficient (Wildman–Crippen LogP) is 3.35. The van der Waals surface area contributed by atoms with E-state index in [2.05, 4.69) is 73.6 Å². The lowest BCUT2D eigenvalue weighted by Crippen LogP contribution is -2.48. The molecular weight excluding hydrogens is 348 g/mol. The minimum atomic E-state index is -0.377. The number of rotatable bonds is 5. The normalized spacial score (nSPS) is 23.2. The molecule has 4 heteroatoms. The number of nitrogens with one attached hydrogen (secondary N) is 1. The van der Waals surface area contributed by atoms with Crippen LogP contribution in [-0.2, 0) is 5.41 Å². The molecule has 4 rings (SSSR count). The van der Waals surface area contributed by atoms with Crippen molar-refractivity contribution >= 4 is 0 Å². The van der Waals surface area contributed by atoms with Gasteiger partial charge in [0.15, 0.2) is 0 Å². The smallest absolute Gasteiger partial charge is 0.122 e. The molecule has 1 aliphatic carbocycles. The van der Waals surface area contributed by atoms with Gasteiger partial charge in [0, 0.05) is 12.0 Å². The van der Waals surface area contributed by atoms with E-state index in [1.165, 1.54) is 16.7 Å². The summed E-state index contributed by atoms with van der Waals surface area (Å²) in [7, 11) is 2.11. The second-order valence-electron chi connectivity index (χ2n) is 8.48. The molecule has 0 unspecified atom stereocenters. The summed E-state index contributed by atoms with van der Waals surface area (Å²) in [6.45, 7) is 7.49. The number of hydrogen-bond acceptors (Lipinski definition) is 4. The molecule has 4 nitrogen and oxygen atoms in total. The van der Waals surface area contributed by atoms with Crippen LogP contribution in [0.4, 0.5) is 0 Å². The summed E-state index contributed by atoms with van der Waals surface area (Å²) in [5.74, 6) is 0.954. The monoisotopic (exact) mass is 380 g/mol. The SMILES string of the molecule is Cc1ccc(C)c(OCCN(C)[C@H]2c3ccccc3C3(CCNCC3)[C@@H]2O)c1. The Balaban J connectivity index is 1.49. The topological polar surface area (TPSA) is 44.7 Å². The molecule has 1 fully saturated rings. The number of hydrogen-bond donors (Lipinski definition) is 2. The Morgan fingerprint density at radius 1 is 1.14 bits per heavy atom. The van der Waals surface area contributed by atoms with Crippen LogP contribution >= 0.6 is 0 Å². The van der Waals surface area contributed by atoms with Gasteiger partial charge in [0.25, 0.3) is 0 Å². The molecule has 0 amide bonds. The lowest BCUT2D eigenvalue weighted by molar-refractivity contribution is 0.00356. The first-order chi connectivity index (χ1) is 13.5. The Bertz CT molecular complexity index is 829. The third kappa shape index (κ3) is 3.34. The first kappa shape index (κ1) is 19.4. The molecule has 2 aliphatic rings. The van der Waals surface area contributed by atoms with E-state index in [9.17, 15) is 5.11 Å². The van der Waals surface area contributed by atoms with Gasteiger partial charge in [0.1, 0.15) is 12.4 Å². The lowest BCUT2D eigenvalue weighted by atomic mass is 9.72. The summed E-state index contributed by atoms with van der Waals surface area (Å²) in [5.41, 5.74) is 4.88. The first-order valence-corrected chi connectivity index (χ1v) is 10.4. The largest absolute Gasteiger partial charge is 0.492 e. The molecule has 1 saturated heterocycles. The molecule has 0 aromatic heterocycles. The number of aryl methyl sites for hydroxylation is 2. The fourth-order valence-corrected chi connectivity index (χ4v) is 5.06. The molecule has 0 bridgehead atoms. The fourth-order valence-electron chi connectivity index (χ4n) is 5.06. The average Bonchev–Trinajstić information content (AvgIpc) is 2.93. The van der Waals surface area contributed by atoms with Gasteiger partial charge in [0.05, 0.1) is 12.1 Å². The van der Waals surface area contributed by atoms with E-state index >= 15 is 0 Å². The summed E-state index contributed by atoms with van der Waals surface area (Å²) in [6, 6.07) is 15.0. The van der Waals surface area contributed by atoms with Gasteiger partial charge in [-0.1, -0.05) is 36.4 Å². The zero-order valence-electron chi connectivity index (χ0n) is 17.2. The molecule has 1 spiro atoms. The van der Waals surface area contributed by atoms with Gasteiger partial charge in [-0.3, -0.25) is 4.90 Å². The van der Waals surface area contributed by atoms with E-state index in [0.29, 0.717) is 6.61 Å². The van der Waals surface area contributed by atoms with Gasteiger partial charge >= 0.3 is 0 Å². The van der Waals surface area contributed by atoms with Crippen molar-refractivity contribution in [3.05, 3.63) is 64.7 Å². The van der Waals surface area contributed by atoms with Gasteiger partial charge < -0.3 is 15.2 Å². The lowest BCUT2D eigenvalue weighted by Gasteiger charge is -2.40. The van der Waals surface area contributed by atoms with Crippen molar-refractivity contribution in [1.29, 1.82) is 0 Å². The average molecular weight is 381 g/mol. The zero-order valence-corrected chi connectivity index (χ0v) is 17.2. The van der Waals surface area contributed by atoms with Crippen molar-refractivity contribution in [2.45, 2.75) is 44.2 Å². The van der Waals surface area contributed by atoms with E-state index in [1.807, 2.05) is 0 Å². The van der Waals surface area contributed by atoms with E-state index in [0.717, 1.165) is 43.8 Å². The van der Waals surface area contributed by atoms with Crippen molar-refractivity contribution in [3.63, 3.8) is 0 Å². The van der Waals surface area contributed by atoms with E-state index in [1.54, 1.807) is 0 Å². The molecule has 150 valence electrons. The summed E-state index contributed by atoms with van der Waals surface area (Å²) in [4.78, 5) is 2.27. The number of aliphatic hydroxyl groups excluding tert-OH is 1. The van der Waals surface area contributed by atoms with Crippen molar-refractivity contribution in [3.8, 4) is 5.75 Å². The first-order valence-electron chi connectivity index (χ1n) is 10.4. The van der Waals surface area contributed by atoms with Crippen molar-refractivity contribution in [1.82, 2.24) is 10.2 Å². The van der Waals surface area contributed by atoms with Crippen molar-refractivity contribution in [2.75, 3.05) is 33.3 Å². The Morgan fingerprint density at radius 3 is 2.68 bits per heavy atom. The van der Waals surface area contributed by atoms with Gasteiger partial charge in [-0.15, -0.1) is 0 Å². The number of aliphatic hydroxyl groups is 1. The van der Waals surface area contributed by atoms with Gasteiger partial charge in [0.2, 0.25) is 0 Å². The second-order valence-corrected chi connectivity index (χ2v) is 8.48. The van der Waals surface area contributed by atoms with Crippen LogP contribution < -0.4 is 10.1 Å². The maximum Gasteiger partial charge on any atom is 0.122 e. The van der Waals surface area contributed by atoms with E-state index < -0.39 is 0 Å². The van der Waals surface area contributed by atoms with Crippen LogP contribution in [0.2, 0.25) is 0 Å². The molecular formula is C24H32N2O2. The third-order valence-corrected chi connectivity index (χ3v) is 6.70. The zero-order chi connectivity index (χ0) is 19.7. The van der Waals surface area contributed by atoms with Crippen LogP contribution in [0.1, 0.15) is 41.1 Å². The highest BCUT2D eigenvalue weighted by Gasteiger charge is 2.52. The molecule has 2 atom stereocenters. The summed E-state index contributed by atoms with van der Waals surface area (Å²) >= 11 is 0. The van der Waals surface area contributed by atoms with Gasteiger partial charge in [-0.25, -0.2) is 0 Å². The molecule has 2 N–H and O–H groups in total. The van der Waals surface area contributed by atoms with Crippen LogP contribution in [0.5, 0.6) is 5.75 Å². The van der Waals surface area contributed by atoms with Crippen LogP contribution in [0.25, 0.3) is 0 Å². The molecule has 2 aromatic carbocycles. The third-order valence-electron chi connectivity index (χ3n) is 6.70. The van der Waals surface area contributed by atoms with E-state index in [4.69, 9.17) is 4.74 Å². The Kier molecular flexibility index (Phi) is 5.46. The highest BCUT2D eigenvalue weighted by molar-refractivity contribution is 5.45.